The van der Waals surface area contributed by atoms with Gasteiger partial charge in [0, 0.05) is 28.7 Å². The van der Waals surface area contributed by atoms with Gasteiger partial charge in [0.25, 0.3) is 0 Å². The van der Waals surface area contributed by atoms with Crippen molar-refractivity contribution in [2.45, 2.75) is 19.9 Å². The predicted octanol–water partition coefficient (Wildman–Crippen LogP) is 4.55. The van der Waals surface area contributed by atoms with Crippen molar-refractivity contribution in [3.63, 3.8) is 0 Å². The molecule has 0 saturated carbocycles. The van der Waals surface area contributed by atoms with Crippen molar-refractivity contribution in [2.24, 2.45) is 0 Å². The first-order valence-corrected chi connectivity index (χ1v) is 8.32. The van der Waals surface area contributed by atoms with Crippen molar-refractivity contribution in [3.8, 4) is 5.75 Å². The van der Waals surface area contributed by atoms with Gasteiger partial charge in [0.05, 0.1) is 6.61 Å². The van der Waals surface area contributed by atoms with Crippen molar-refractivity contribution in [1.29, 1.82) is 0 Å². The molecule has 120 valence electrons. The number of H-pyrrole nitrogens is 1. The molecule has 0 fully saturated rings. The van der Waals surface area contributed by atoms with Gasteiger partial charge in [0.2, 0.25) is 0 Å². The number of benzene rings is 2. The zero-order chi connectivity index (χ0) is 16.1. The molecule has 1 heterocycles. The molecule has 1 aromatic heterocycles. The van der Waals surface area contributed by atoms with Crippen LogP contribution in [0.5, 0.6) is 5.75 Å². The molecule has 0 aliphatic carbocycles. The Bertz CT molecular complexity index is 782. The molecule has 0 aliphatic heterocycles. The molecular formula is C19H21ClN2O. The van der Waals surface area contributed by atoms with E-state index < -0.39 is 0 Å². The fourth-order valence-electron chi connectivity index (χ4n) is 2.73. The number of fused-ring (bicyclic) bond motifs is 1. The number of nitrogens with one attached hydrogen (secondary N) is 2. The van der Waals surface area contributed by atoms with Gasteiger partial charge in [-0.3, -0.25) is 0 Å². The molecule has 3 nitrogen and oxygen atoms in total. The highest BCUT2D eigenvalue weighted by atomic mass is 35.5. The summed E-state index contributed by atoms with van der Waals surface area (Å²) in [6, 6.07) is 14.2. The van der Waals surface area contributed by atoms with E-state index >= 15 is 0 Å². The lowest BCUT2D eigenvalue weighted by molar-refractivity contribution is 0.340. The molecule has 23 heavy (non-hydrogen) atoms. The van der Waals surface area contributed by atoms with Crippen LogP contribution in [0.3, 0.4) is 0 Å². The van der Waals surface area contributed by atoms with E-state index in [-0.39, 0.29) is 0 Å². The molecule has 2 aromatic carbocycles. The number of rotatable bonds is 7. The van der Waals surface area contributed by atoms with Crippen molar-refractivity contribution in [2.75, 3.05) is 13.2 Å². The molecule has 0 amide bonds. The van der Waals surface area contributed by atoms with E-state index in [1.54, 1.807) is 0 Å². The first-order chi connectivity index (χ1) is 11.3. The second-order valence-electron chi connectivity index (χ2n) is 5.51. The minimum Gasteiger partial charge on any atom is -0.494 e. The summed E-state index contributed by atoms with van der Waals surface area (Å²) in [5.41, 5.74) is 3.66. The number of aromatic amines is 1. The SMILES string of the molecule is CCOc1cccc(CNCCc2c[nH]c3ccc(Cl)cc23)c1. The van der Waals surface area contributed by atoms with E-state index in [1.165, 1.54) is 16.5 Å². The van der Waals surface area contributed by atoms with Crippen molar-refractivity contribution in [1.82, 2.24) is 10.3 Å². The first kappa shape index (κ1) is 15.9. The van der Waals surface area contributed by atoms with Crippen LogP contribution in [0.15, 0.2) is 48.7 Å². The summed E-state index contributed by atoms with van der Waals surface area (Å²) in [4.78, 5) is 3.29. The maximum Gasteiger partial charge on any atom is 0.119 e. The van der Waals surface area contributed by atoms with Crippen LogP contribution in [0.1, 0.15) is 18.1 Å². The fraction of sp³-hybridized carbons (Fsp3) is 0.263. The third-order valence-corrected chi connectivity index (χ3v) is 4.07. The van der Waals surface area contributed by atoms with Crippen LogP contribution in [-0.4, -0.2) is 18.1 Å². The summed E-state index contributed by atoms with van der Waals surface area (Å²) in [5, 5.41) is 5.47. The van der Waals surface area contributed by atoms with E-state index in [1.807, 2.05) is 37.3 Å². The number of ether oxygens (including phenoxy) is 1. The molecule has 0 aliphatic rings. The average molecular weight is 329 g/mol. The summed E-state index contributed by atoms with van der Waals surface area (Å²) >= 11 is 6.09. The van der Waals surface area contributed by atoms with Gasteiger partial charge in [-0.05, 0) is 61.3 Å². The lowest BCUT2D eigenvalue weighted by Gasteiger charge is -2.07. The maximum atomic E-state index is 6.09. The highest BCUT2D eigenvalue weighted by Crippen LogP contribution is 2.22. The molecular weight excluding hydrogens is 308 g/mol. The third kappa shape index (κ3) is 4.06. The van der Waals surface area contributed by atoms with Gasteiger partial charge in [-0.25, -0.2) is 0 Å². The lowest BCUT2D eigenvalue weighted by atomic mass is 10.1. The minimum atomic E-state index is 0.694. The highest BCUT2D eigenvalue weighted by molar-refractivity contribution is 6.31. The van der Waals surface area contributed by atoms with Crippen LogP contribution in [0.4, 0.5) is 0 Å². The van der Waals surface area contributed by atoms with Crippen LogP contribution in [-0.2, 0) is 13.0 Å². The Morgan fingerprint density at radius 2 is 2.09 bits per heavy atom. The number of halogens is 1. The number of hydrogen-bond donors (Lipinski definition) is 2. The molecule has 3 aromatic rings. The first-order valence-electron chi connectivity index (χ1n) is 7.94. The Morgan fingerprint density at radius 3 is 2.96 bits per heavy atom. The molecule has 0 unspecified atom stereocenters. The summed E-state index contributed by atoms with van der Waals surface area (Å²) in [5.74, 6) is 0.929. The van der Waals surface area contributed by atoms with Gasteiger partial charge < -0.3 is 15.0 Å². The summed E-state index contributed by atoms with van der Waals surface area (Å²) in [7, 11) is 0. The van der Waals surface area contributed by atoms with Crippen molar-refractivity contribution < 1.29 is 4.74 Å². The molecule has 0 atom stereocenters. The molecule has 0 bridgehead atoms. The lowest BCUT2D eigenvalue weighted by Crippen LogP contribution is -2.16. The van der Waals surface area contributed by atoms with Crippen molar-refractivity contribution >= 4 is 22.5 Å². The number of aromatic nitrogens is 1. The fourth-order valence-corrected chi connectivity index (χ4v) is 2.90. The van der Waals surface area contributed by atoms with E-state index in [0.29, 0.717) is 6.61 Å². The number of hydrogen-bond acceptors (Lipinski definition) is 2. The van der Waals surface area contributed by atoms with Gasteiger partial charge in [0.1, 0.15) is 5.75 Å². The monoisotopic (exact) mass is 328 g/mol. The second-order valence-corrected chi connectivity index (χ2v) is 5.95. The standard InChI is InChI=1S/C19H21ClN2O/c1-2-23-17-5-3-4-14(10-17)12-21-9-8-15-13-22-19-7-6-16(20)11-18(15)19/h3-7,10-11,13,21-22H,2,8-9,12H2,1H3. The summed E-state index contributed by atoms with van der Waals surface area (Å²) < 4.78 is 5.53. The normalized spacial score (nSPS) is 11.0. The molecule has 3 rings (SSSR count). The topological polar surface area (TPSA) is 37.0 Å². The smallest absolute Gasteiger partial charge is 0.119 e. The molecule has 2 N–H and O–H groups in total. The van der Waals surface area contributed by atoms with Crippen molar-refractivity contribution in [3.05, 3.63) is 64.8 Å². The molecule has 0 saturated heterocycles. The average Bonchev–Trinajstić information content (AvgIpc) is 2.95. The summed E-state index contributed by atoms with van der Waals surface area (Å²) in [6.07, 6.45) is 3.03. The van der Waals surface area contributed by atoms with E-state index in [0.717, 1.165) is 35.8 Å². The van der Waals surface area contributed by atoms with Gasteiger partial charge >= 0.3 is 0 Å². The van der Waals surface area contributed by atoms with Crippen LogP contribution in [0, 0.1) is 0 Å². The summed E-state index contributed by atoms with van der Waals surface area (Å²) in [6.45, 7) is 4.45. The predicted molar refractivity (Wildman–Crippen MR) is 96.3 cm³/mol. The van der Waals surface area contributed by atoms with E-state index in [2.05, 4.69) is 28.6 Å². The van der Waals surface area contributed by atoms with Gasteiger partial charge in [-0.1, -0.05) is 23.7 Å². The highest BCUT2D eigenvalue weighted by Gasteiger charge is 2.04. The maximum absolute atomic E-state index is 6.09. The zero-order valence-electron chi connectivity index (χ0n) is 13.2. The van der Waals surface area contributed by atoms with Crippen LogP contribution < -0.4 is 10.1 Å². The Hall–Kier alpha value is -1.97. The third-order valence-electron chi connectivity index (χ3n) is 3.84. The molecule has 4 heteroatoms. The second kappa shape index (κ2) is 7.53. The van der Waals surface area contributed by atoms with E-state index in [9.17, 15) is 0 Å². The van der Waals surface area contributed by atoms with Gasteiger partial charge in [0.15, 0.2) is 0 Å². The largest absolute Gasteiger partial charge is 0.494 e. The molecule has 0 spiro atoms. The Morgan fingerprint density at radius 1 is 1.17 bits per heavy atom. The molecule has 0 radical (unpaired) electrons. The van der Waals surface area contributed by atoms with Crippen LogP contribution >= 0.6 is 11.6 Å². The van der Waals surface area contributed by atoms with Crippen LogP contribution in [0.25, 0.3) is 10.9 Å². The van der Waals surface area contributed by atoms with Crippen LogP contribution in [0.2, 0.25) is 5.02 Å². The quantitative estimate of drug-likeness (QED) is 0.624. The van der Waals surface area contributed by atoms with E-state index in [4.69, 9.17) is 16.3 Å². The zero-order valence-corrected chi connectivity index (χ0v) is 14.0. The Balaban J connectivity index is 1.55. The van der Waals surface area contributed by atoms with Gasteiger partial charge in [-0.2, -0.15) is 0 Å². The minimum absolute atomic E-state index is 0.694. The van der Waals surface area contributed by atoms with Gasteiger partial charge in [-0.15, -0.1) is 0 Å². The Kier molecular flexibility index (Phi) is 5.21. The Labute approximate surface area is 141 Å².